The minimum absolute atomic E-state index is 0.395. The molecule has 0 aromatic heterocycles. The number of methoxy groups -OCH3 is 1. The number of hydrogen-bond donors (Lipinski definition) is 1. The van der Waals surface area contributed by atoms with Crippen molar-refractivity contribution in [2.45, 2.75) is 50.8 Å². The van der Waals surface area contributed by atoms with Gasteiger partial charge in [-0.2, -0.15) is 0 Å². The Labute approximate surface area is 111 Å². The van der Waals surface area contributed by atoms with E-state index in [1.54, 1.807) is 0 Å². The van der Waals surface area contributed by atoms with Crippen LogP contribution in [0, 0.1) is 5.92 Å². The molecule has 0 bridgehead atoms. The summed E-state index contributed by atoms with van der Waals surface area (Å²) in [5.74, 6) is 0.697. The highest BCUT2D eigenvalue weighted by Crippen LogP contribution is 2.29. The fourth-order valence-electron chi connectivity index (χ4n) is 3.61. The molecule has 4 nitrogen and oxygen atoms in total. The highest BCUT2D eigenvalue weighted by Gasteiger charge is 2.36. The molecule has 18 heavy (non-hydrogen) atoms. The molecule has 0 aromatic rings. The van der Waals surface area contributed by atoms with Gasteiger partial charge in [0.2, 0.25) is 0 Å². The molecule has 4 unspecified atom stereocenters. The van der Waals surface area contributed by atoms with Crippen molar-refractivity contribution in [3.63, 3.8) is 0 Å². The van der Waals surface area contributed by atoms with E-state index in [0.29, 0.717) is 24.1 Å². The molecule has 2 N–H and O–H groups in total. The summed E-state index contributed by atoms with van der Waals surface area (Å²) in [6, 6.07) is 1.12. The van der Waals surface area contributed by atoms with E-state index in [9.17, 15) is 0 Å². The third-order valence-electron chi connectivity index (χ3n) is 4.67. The smallest absolute Gasteiger partial charge is 0.0599 e. The van der Waals surface area contributed by atoms with E-state index >= 15 is 0 Å². The molecular formula is C14H28N2O2. The molecule has 2 aliphatic heterocycles. The van der Waals surface area contributed by atoms with Crippen LogP contribution in [-0.2, 0) is 9.47 Å². The summed E-state index contributed by atoms with van der Waals surface area (Å²) in [6.45, 7) is 6.02. The molecule has 2 saturated heterocycles. The van der Waals surface area contributed by atoms with Gasteiger partial charge in [0.1, 0.15) is 0 Å². The molecule has 4 heteroatoms. The van der Waals surface area contributed by atoms with Crippen molar-refractivity contribution in [2.24, 2.45) is 11.7 Å². The summed E-state index contributed by atoms with van der Waals surface area (Å²) < 4.78 is 11.1. The van der Waals surface area contributed by atoms with Crippen molar-refractivity contribution >= 4 is 0 Å². The molecule has 0 aromatic carbocycles. The summed E-state index contributed by atoms with van der Waals surface area (Å²) in [7, 11) is 1.82. The highest BCUT2D eigenvalue weighted by atomic mass is 16.5. The van der Waals surface area contributed by atoms with Crippen molar-refractivity contribution < 1.29 is 9.47 Å². The predicted octanol–water partition coefficient (Wildman–Crippen LogP) is 1.24. The third kappa shape index (κ3) is 3.05. The topological polar surface area (TPSA) is 47.7 Å². The number of likely N-dealkylation sites (tertiary alicyclic amines) is 1. The van der Waals surface area contributed by atoms with E-state index < -0.39 is 0 Å². The normalized spacial score (nSPS) is 35.8. The lowest BCUT2D eigenvalue weighted by atomic mass is 9.89. The standard InChI is InChI=1S/C14H28N2O2/c1-3-14(11-5-7-18-10-11)16-6-4-13(17-2)8-12(16)9-15/h11-14H,3-10,15H2,1-2H3. The van der Waals surface area contributed by atoms with Gasteiger partial charge >= 0.3 is 0 Å². The van der Waals surface area contributed by atoms with Crippen LogP contribution in [0.1, 0.15) is 32.6 Å². The summed E-state index contributed by atoms with van der Waals surface area (Å²) in [5.41, 5.74) is 5.97. The fraction of sp³-hybridized carbons (Fsp3) is 1.00. The van der Waals surface area contributed by atoms with Crippen LogP contribution < -0.4 is 5.73 Å². The zero-order valence-corrected chi connectivity index (χ0v) is 11.8. The number of nitrogens with zero attached hydrogens (tertiary/aromatic N) is 1. The zero-order valence-electron chi connectivity index (χ0n) is 11.8. The fourth-order valence-corrected chi connectivity index (χ4v) is 3.61. The molecule has 2 rings (SSSR count). The molecule has 2 aliphatic rings. The van der Waals surface area contributed by atoms with Crippen molar-refractivity contribution in [2.75, 3.05) is 33.4 Å². The molecule has 0 amide bonds. The molecule has 2 fully saturated rings. The lowest BCUT2D eigenvalue weighted by Gasteiger charge is -2.44. The Morgan fingerprint density at radius 1 is 1.44 bits per heavy atom. The van der Waals surface area contributed by atoms with Gasteiger partial charge in [0, 0.05) is 38.9 Å². The van der Waals surface area contributed by atoms with Crippen LogP contribution in [0.15, 0.2) is 0 Å². The molecule has 0 saturated carbocycles. The summed E-state index contributed by atoms with van der Waals surface area (Å²) in [6.07, 6.45) is 5.02. The largest absolute Gasteiger partial charge is 0.381 e. The number of nitrogens with two attached hydrogens (primary N) is 1. The highest BCUT2D eigenvalue weighted by molar-refractivity contribution is 4.90. The molecule has 2 heterocycles. The van der Waals surface area contributed by atoms with Crippen molar-refractivity contribution in [1.82, 2.24) is 4.90 Å². The van der Waals surface area contributed by atoms with Gasteiger partial charge in [-0.25, -0.2) is 0 Å². The van der Waals surface area contributed by atoms with Crippen molar-refractivity contribution in [3.05, 3.63) is 0 Å². The number of piperidine rings is 1. The molecular weight excluding hydrogens is 228 g/mol. The van der Waals surface area contributed by atoms with Crippen LogP contribution in [0.4, 0.5) is 0 Å². The maximum atomic E-state index is 5.97. The second-order valence-corrected chi connectivity index (χ2v) is 5.61. The Hall–Kier alpha value is -0.160. The number of ether oxygens (including phenoxy) is 2. The predicted molar refractivity (Wildman–Crippen MR) is 72.6 cm³/mol. The molecule has 0 aliphatic carbocycles. The van der Waals surface area contributed by atoms with Gasteiger partial charge in [0.05, 0.1) is 12.7 Å². The van der Waals surface area contributed by atoms with E-state index in [-0.39, 0.29) is 0 Å². The van der Waals surface area contributed by atoms with Gasteiger partial charge in [-0.1, -0.05) is 6.92 Å². The lowest BCUT2D eigenvalue weighted by Crippen LogP contribution is -2.54. The molecule has 0 spiro atoms. The molecule has 106 valence electrons. The second kappa shape index (κ2) is 6.85. The molecule has 0 radical (unpaired) electrons. The second-order valence-electron chi connectivity index (χ2n) is 5.61. The van der Waals surface area contributed by atoms with Gasteiger partial charge in [-0.3, -0.25) is 4.90 Å². The van der Waals surface area contributed by atoms with Crippen LogP contribution in [0.3, 0.4) is 0 Å². The van der Waals surface area contributed by atoms with Gasteiger partial charge in [0.25, 0.3) is 0 Å². The van der Waals surface area contributed by atoms with Gasteiger partial charge < -0.3 is 15.2 Å². The van der Waals surface area contributed by atoms with Crippen LogP contribution in [-0.4, -0.2) is 56.5 Å². The Balaban J connectivity index is 1.99. The first-order chi connectivity index (χ1) is 8.80. The van der Waals surface area contributed by atoms with Crippen LogP contribution >= 0.6 is 0 Å². The number of rotatable bonds is 5. The third-order valence-corrected chi connectivity index (χ3v) is 4.67. The Bertz CT molecular complexity index is 244. The average Bonchev–Trinajstić information content (AvgIpc) is 2.94. The summed E-state index contributed by atoms with van der Waals surface area (Å²) in [5, 5.41) is 0. The maximum absolute atomic E-state index is 5.97. The van der Waals surface area contributed by atoms with Crippen molar-refractivity contribution in [3.8, 4) is 0 Å². The monoisotopic (exact) mass is 256 g/mol. The average molecular weight is 256 g/mol. The minimum atomic E-state index is 0.395. The first-order valence-corrected chi connectivity index (χ1v) is 7.36. The first kappa shape index (κ1) is 14.3. The summed E-state index contributed by atoms with van der Waals surface area (Å²) >= 11 is 0. The van der Waals surface area contributed by atoms with Crippen LogP contribution in [0.2, 0.25) is 0 Å². The van der Waals surface area contributed by atoms with E-state index in [4.69, 9.17) is 15.2 Å². The van der Waals surface area contributed by atoms with Gasteiger partial charge in [-0.05, 0) is 31.6 Å². The maximum Gasteiger partial charge on any atom is 0.0599 e. The SMILES string of the molecule is CCC(C1CCOC1)N1CCC(OC)CC1CN. The van der Waals surface area contributed by atoms with E-state index in [1.807, 2.05) is 7.11 Å². The summed E-state index contributed by atoms with van der Waals surface area (Å²) in [4.78, 5) is 2.63. The van der Waals surface area contributed by atoms with Gasteiger partial charge in [0.15, 0.2) is 0 Å². The lowest BCUT2D eigenvalue weighted by molar-refractivity contribution is -0.0178. The van der Waals surface area contributed by atoms with Crippen LogP contribution in [0.25, 0.3) is 0 Å². The number of hydrogen-bond acceptors (Lipinski definition) is 4. The van der Waals surface area contributed by atoms with E-state index in [1.165, 1.54) is 12.8 Å². The van der Waals surface area contributed by atoms with Crippen molar-refractivity contribution in [1.29, 1.82) is 0 Å². The van der Waals surface area contributed by atoms with E-state index in [2.05, 4.69) is 11.8 Å². The molecule has 4 atom stereocenters. The quantitative estimate of drug-likeness (QED) is 0.804. The van der Waals surface area contributed by atoms with Crippen LogP contribution in [0.5, 0.6) is 0 Å². The van der Waals surface area contributed by atoms with E-state index in [0.717, 1.165) is 39.1 Å². The Morgan fingerprint density at radius 2 is 2.28 bits per heavy atom. The van der Waals surface area contributed by atoms with Gasteiger partial charge in [-0.15, -0.1) is 0 Å². The minimum Gasteiger partial charge on any atom is -0.381 e. The zero-order chi connectivity index (χ0) is 13.0. The Kier molecular flexibility index (Phi) is 5.42. The first-order valence-electron chi connectivity index (χ1n) is 7.36. The Morgan fingerprint density at radius 3 is 2.83 bits per heavy atom.